The van der Waals surface area contributed by atoms with Crippen molar-refractivity contribution in [3.8, 4) is 0 Å². The van der Waals surface area contributed by atoms with Gasteiger partial charge in [0.05, 0.1) is 7.11 Å². The second kappa shape index (κ2) is 5.29. The Labute approximate surface area is 94.6 Å². The molecule has 0 unspecified atom stereocenters. The molecule has 0 spiro atoms. The van der Waals surface area contributed by atoms with Gasteiger partial charge in [0.1, 0.15) is 24.0 Å². The number of esters is 1. The normalized spacial score (nSPS) is 9.75. The van der Waals surface area contributed by atoms with Gasteiger partial charge in [-0.1, -0.05) is 0 Å². The number of aryl methyl sites for hydroxylation is 1. The summed E-state index contributed by atoms with van der Waals surface area (Å²) in [5.74, 6) is 1.75. The molecule has 1 N–H and O–H groups in total. The Morgan fingerprint density at radius 3 is 2.81 bits per heavy atom. The fraction of sp³-hybridized carbons (Fsp3) is 0.500. The first-order valence-electron chi connectivity index (χ1n) is 4.88. The van der Waals surface area contributed by atoms with Crippen molar-refractivity contribution in [1.82, 2.24) is 9.97 Å². The highest BCUT2D eigenvalue weighted by atomic mass is 16.5. The number of hydrogen-bond acceptors (Lipinski definition) is 6. The van der Waals surface area contributed by atoms with Gasteiger partial charge in [0.2, 0.25) is 0 Å². The molecule has 6 heteroatoms. The highest BCUT2D eigenvalue weighted by molar-refractivity contribution is 5.75. The SMILES string of the molecule is CNc1cc(N(C)CC(=O)OC)nc(C)n1. The fourth-order valence-corrected chi connectivity index (χ4v) is 1.21. The van der Waals surface area contributed by atoms with E-state index in [0.29, 0.717) is 11.6 Å². The summed E-state index contributed by atoms with van der Waals surface area (Å²) in [6.07, 6.45) is 0. The fourth-order valence-electron chi connectivity index (χ4n) is 1.21. The lowest BCUT2D eigenvalue weighted by atomic mass is 10.4. The first-order chi connectivity index (χ1) is 7.56. The van der Waals surface area contributed by atoms with Crippen LogP contribution in [0.5, 0.6) is 0 Å². The van der Waals surface area contributed by atoms with Crippen molar-refractivity contribution in [1.29, 1.82) is 0 Å². The van der Waals surface area contributed by atoms with Gasteiger partial charge in [0, 0.05) is 20.2 Å². The molecule has 1 rings (SSSR count). The van der Waals surface area contributed by atoms with E-state index in [1.54, 1.807) is 32.0 Å². The quantitative estimate of drug-likeness (QED) is 0.748. The second-order valence-electron chi connectivity index (χ2n) is 3.34. The Morgan fingerprint density at radius 2 is 2.25 bits per heavy atom. The van der Waals surface area contributed by atoms with Gasteiger partial charge in [0.15, 0.2) is 0 Å². The van der Waals surface area contributed by atoms with E-state index in [9.17, 15) is 4.79 Å². The molecule has 0 radical (unpaired) electrons. The van der Waals surface area contributed by atoms with E-state index in [4.69, 9.17) is 0 Å². The summed E-state index contributed by atoms with van der Waals surface area (Å²) in [7, 11) is 4.92. The Balaban J connectivity index is 2.86. The van der Waals surface area contributed by atoms with E-state index >= 15 is 0 Å². The predicted molar refractivity (Wildman–Crippen MR) is 61.6 cm³/mol. The van der Waals surface area contributed by atoms with Crippen molar-refractivity contribution in [2.75, 3.05) is 38.0 Å². The molecule has 0 atom stereocenters. The summed E-state index contributed by atoms with van der Waals surface area (Å²) in [6, 6.07) is 1.77. The van der Waals surface area contributed by atoms with E-state index in [0.717, 1.165) is 5.82 Å². The molecule has 6 nitrogen and oxygen atoms in total. The predicted octanol–water partition coefficient (Wildman–Crippen LogP) is 0.436. The van der Waals surface area contributed by atoms with Crippen LogP contribution in [0.3, 0.4) is 0 Å². The molecule has 0 fully saturated rings. The minimum Gasteiger partial charge on any atom is -0.468 e. The first-order valence-corrected chi connectivity index (χ1v) is 4.88. The van der Waals surface area contributed by atoms with Crippen LogP contribution < -0.4 is 10.2 Å². The van der Waals surface area contributed by atoms with Gasteiger partial charge >= 0.3 is 5.97 Å². The second-order valence-corrected chi connectivity index (χ2v) is 3.34. The van der Waals surface area contributed by atoms with Crippen LogP contribution in [0, 0.1) is 6.92 Å². The van der Waals surface area contributed by atoms with E-state index in [1.165, 1.54) is 7.11 Å². The van der Waals surface area contributed by atoms with Gasteiger partial charge < -0.3 is 15.0 Å². The molecule has 0 amide bonds. The number of carbonyl (C=O) groups excluding carboxylic acids is 1. The zero-order valence-corrected chi connectivity index (χ0v) is 9.94. The summed E-state index contributed by atoms with van der Waals surface area (Å²) in [5, 5.41) is 2.94. The monoisotopic (exact) mass is 224 g/mol. The number of rotatable bonds is 4. The minimum absolute atomic E-state index is 0.163. The van der Waals surface area contributed by atoms with Gasteiger partial charge in [-0.2, -0.15) is 0 Å². The van der Waals surface area contributed by atoms with Crippen molar-refractivity contribution >= 4 is 17.6 Å². The van der Waals surface area contributed by atoms with Crippen molar-refractivity contribution in [3.05, 3.63) is 11.9 Å². The minimum atomic E-state index is -0.301. The molecular formula is C10H16N4O2. The van der Waals surface area contributed by atoms with Crippen molar-refractivity contribution < 1.29 is 9.53 Å². The number of hydrogen-bond donors (Lipinski definition) is 1. The maximum absolute atomic E-state index is 11.1. The van der Waals surface area contributed by atoms with Crippen LogP contribution in [0.2, 0.25) is 0 Å². The lowest BCUT2D eigenvalue weighted by molar-refractivity contribution is -0.138. The van der Waals surface area contributed by atoms with E-state index in [1.807, 2.05) is 0 Å². The molecule has 0 aromatic carbocycles. The number of nitrogens with zero attached hydrogens (tertiary/aromatic N) is 3. The lowest BCUT2D eigenvalue weighted by Gasteiger charge is -2.17. The van der Waals surface area contributed by atoms with Crippen LogP contribution in [0.25, 0.3) is 0 Å². The first kappa shape index (κ1) is 12.2. The lowest BCUT2D eigenvalue weighted by Crippen LogP contribution is -2.27. The third kappa shape index (κ3) is 3.08. The number of anilines is 2. The summed E-state index contributed by atoms with van der Waals surface area (Å²) in [4.78, 5) is 21.2. The van der Waals surface area contributed by atoms with Crippen LogP contribution in [0.1, 0.15) is 5.82 Å². The maximum atomic E-state index is 11.1. The number of likely N-dealkylation sites (N-methyl/N-ethyl adjacent to an activating group) is 1. The Bertz CT molecular complexity index is 381. The number of methoxy groups -OCH3 is 1. The standard InChI is InChI=1S/C10H16N4O2/c1-7-12-8(11-2)5-9(13-7)14(3)6-10(15)16-4/h5H,6H2,1-4H3,(H,11,12,13). The molecule has 1 heterocycles. The zero-order valence-electron chi connectivity index (χ0n) is 9.94. The summed E-state index contributed by atoms with van der Waals surface area (Å²) in [5.41, 5.74) is 0. The van der Waals surface area contributed by atoms with Crippen LogP contribution in [-0.2, 0) is 9.53 Å². The topological polar surface area (TPSA) is 67.4 Å². The van der Waals surface area contributed by atoms with Crippen LogP contribution >= 0.6 is 0 Å². The summed E-state index contributed by atoms with van der Waals surface area (Å²) >= 11 is 0. The molecule has 0 saturated carbocycles. The van der Waals surface area contributed by atoms with Crippen molar-refractivity contribution in [2.24, 2.45) is 0 Å². The highest BCUT2D eigenvalue weighted by Crippen LogP contribution is 2.13. The molecule has 0 bridgehead atoms. The van der Waals surface area contributed by atoms with Crippen molar-refractivity contribution in [2.45, 2.75) is 6.92 Å². The van der Waals surface area contributed by atoms with E-state index < -0.39 is 0 Å². The van der Waals surface area contributed by atoms with Crippen LogP contribution in [0.15, 0.2) is 6.07 Å². The third-order valence-corrected chi connectivity index (χ3v) is 2.07. The average Bonchev–Trinajstić information content (AvgIpc) is 2.27. The van der Waals surface area contributed by atoms with Gasteiger partial charge in [-0.3, -0.25) is 4.79 Å². The molecular weight excluding hydrogens is 208 g/mol. The number of nitrogens with one attached hydrogen (secondary N) is 1. The third-order valence-electron chi connectivity index (χ3n) is 2.07. The van der Waals surface area contributed by atoms with E-state index in [2.05, 4.69) is 20.0 Å². The molecule has 1 aromatic rings. The molecule has 0 aliphatic heterocycles. The number of aromatic nitrogens is 2. The number of carbonyl (C=O) groups is 1. The van der Waals surface area contributed by atoms with E-state index in [-0.39, 0.29) is 12.5 Å². The summed E-state index contributed by atoms with van der Waals surface area (Å²) < 4.78 is 4.59. The smallest absolute Gasteiger partial charge is 0.325 e. The van der Waals surface area contributed by atoms with Crippen LogP contribution in [0.4, 0.5) is 11.6 Å². The molecule has 0 aliphatic carbocycles. The Kier molecular flexibility index (Phi) is 4.04. The maximum Gasteiger partial charge on any atom is 0.325 e. The van der Waals surface area contributed by atoms with Gasteiger partial charge in [-0.15, -0.1) is 0 Å². The molecule has 0 saturated heterocycles. The largest absolute Gasteiger partial charge is 0.468 e. The highest BCUT2D eigenvalue weighted by Gasteiger charge is 2.10. The van der Waals surface area contributed by atoms with Crippen LogP contribution in [-0.4, -0.2) is 43.7 Å². The summed E-state index contributed by atoms with van der Waals surface area (Å²) in [6.45, 7) is 1.96. The number of ether oxygens (including phenoxy) is 1. The zero-order chi connectivity index (χ0) is 12.1. The molecule has 0 aliphatic rings. The molecule has 16 heavy (non-hydrogen) atoms. The van der Waals surface area contributed by atoms with Gasteiger partial charge in [-0.25, -0.2) is 9.97 Å². The Hall–Kier alpha value is -1.85. The van der Waals surface area contributed by atoms with Crippen molar-refractivity contribution in [3.63, 3.8) is 0 Å². The molecule has 88 valence electrons. The Morgan fingerprint density at radius 1 is 1.56 bits per heavy atom. The van der Waals surface area contributed by atoms with Gasteiger partial charge in [-0.05, 0) is 6.92 Å². The van der Waals surface area contributed by atoms with Gasteiger partial charge in [0.25, 0.3) is 0 Å². The molecule has 1 aromatic heterocycles. The average molecular weight is 224 g/mol.